The molecule has 6 heteroatoms. The number of hydrogen-bond acceptors (Lipinski definition) is 5. The van der Waals surface area contributed by atoms with Crippen LogP contribution < -0.4 is 10.3 Å². The molecule has 0 aromatic heterocycles. The molecule has 5 aliphatic rings. The maximum absolute atomic E-state index is 14.4. The number of amides is 1. The first-order valence-corrected chi connectivity index (χ1v) is 13.6. The molecule has 1 aromatic rings. The number of allylic oxidation sites excluding steroid dienone is 2. The number of carbonyl (C=O) groups is 2. The fourth-order valence-corrected chi connectivity index (χ4v) is 8.45. The Kier molecular flexibility index (Phi) is 5.80. The molecule has 1 aromatic carbocycles. The van der Waals surface area contributed by atoms with Gasteiger partial charge >= 0.3 is 0 Å². The number of fused-ring (bicyclic) bond motifs is 5. The third-order valence-electron chi connectivity index (χ3n) is 10.4. The number of ether oxygens (including phenoxy) is 1. The number of nitrogens with zero attached hydrogens (tertiary/aromatic N) is 2. The Morgan fingerprint density at radius 2 is 1.83 bits per heavy atom. The van der Waals surface area contributed by atoms with Gasteiger partial charge in [-0.1, -0.05) is 32.0 Å². The van der Waals surface area contributed by atoms with Crippen LogP contribution in [0.1, 0.15) is 52.4 Å². The van der Waals surface area contributed by atoms with Gasteiger partial charge in [-0.05, 0) is 67.4 Å². The number of morpholine rings is 1. The van der Waals surface area contributed by atoms with Crippen LogP contribution in [0.15, 0.2) is 42.1 Å². The number of rotatable bonds is 3. The topological polar surface area (TPSA) is 61.9 Å². The zero-order valence-corrected chi connectivity index (χ0v) is 21.2. The minimum absolute atomic E-state index is 0.0152. The highest BCUT2D eigenvalue weighted by molar-refractivity contribution is 5.95. The SMILES string of the molecule is C[C@]12CC[C@H]3[C@@H](CNC4=CC(=O)CC[C@@]43C)[C@@H]1CC[C@@H]2C(=O)N(c1ccccc1)N1CCOCC1. The Balaban J connectivity index is 1.28. The average Bonchev–Trinajstić information content (AvgIpc) is 3.23. The smallest absolute Gasteiger partial charge is 0.245 e. The van der Waals surface area contributed by atoms with Crippen LogP contribution in [0.4, 0.5) is 5.69 Å². The number of carbonyl (C=O) groups excluding carboxylic acids is 2. The molecule has 2 aliphatic heterocycles. The van der Waals surface area contributed by atoms with E-state index >= 15 is 0 Å². The number of para-hydroxylation sites is 1. The van der Waals surface area contributed by atoms with Crippen LogP contribution in [0, 0.1) is 34.5 Å². The van der Waals surface area contributed by atoms with E-state index < -0.39 is 0 Å². The summed E-state index contributed by atoms with van der Waals surface area (Å²) in [5.41, 5.74) is 2.23. The van der Waals surface area contributed by atoms with Crippen molar-refractivity contribution >= 4 is 17.4 Å². The first-order chi connectivity index (χ1) is 16.9. The van der Waals surface area contributed by atoms with Crippen molar-refractivity contribution in [1.29, 1.82) is 0 Å². The standard InChI is InChI=1S/C29H39N3O3/c1-28-13-11-24-22(19-30-26-18-21(33)10-12-29(24,26)2)23(28)8-9-25(28)27(34)32(20-6-4-3-5-7-20)31-14-16-35-17-15-31/h3-7,18,22-25,30H,8-17,19H2,1-2H3/t22-,23-,24-,25+,28-,29+/m0/s1. The van der Waals surface area contributed by atoms with E-state index in [1.54, 1.807) is 0 Å². The van der Waals surface area contributed by atoms with E-state index in [0.29, 0.717) is 37.4 Å². The monoisotopic (exact) mass is 477 g/mol. The van der Waals surface area contributed by atoms with Gasteiger partial charge < -0.3 is 10.1 Å². The zero-order chi connectivity index (χ0) is 24.2. The first kappa shape index (κ1) is 23.2. The fourth-order valence-electron chi connectivity index (χ4n) is 8.45. The highest BCUT2D eigenvalue weighted by atomic mass is 16.5. The summed E-state index contributed by atoms with van der Waals surface area (Å²) in [6, 6.07) is 10.2. The molecule has 35 heavy (non-hydrogen) atoms. The Hall–Kier alpha value is -2.18. The molecule has 2 saturated carbocycles. The van der Waals surface area contributed by atoms with E-state index in [1.807, 2.05) is 29.3 Å². The molecule has 1 amide bonds. The van der Waals surface area contributed by atoms with Crippen LogP contribution >= 0.6 is 0 Å². The van der Waals surface area contributed by atoms with Crippen molar-refractivity contribution in [2.45, 2.75) is 52.4 Å². The Morgan fingerprint density at radius 1 is 1.06 bits per heavy atom. The minimum Gasteiger partial charge on any atom is -0.387 e. The molecule has 0 radical (unpaired) electrons. The molecular weight excluding hydrogens is 438 g/mol. The van der Waals surface area contributed by atoms with E-state index in [9.17, 15) is 9.59 Å². The molecule has 2 saturated heterocycles. The number of anilines is 1. The summed E-state index contributed by atoms with van der Waals surface area (Å²) in [6.07, 6.45) is 7.83. The zero-order valence-electron chi connectivity index (χ0n) is 21.2. The van der Waals surface area contributed by atoms with Gasteiger partial charge in [0.2, 0.25) is 5.91 Å². The summed E-state index contributed by atoms with van der Waals surface area (Å²) < 4.78 is 5.60. The fraction of sp³-hybridized carbons (Fsp3) is 0.655. The quantitative estimate of drug-likeness (QED) is 0.708. The maximum atomic E-state index is 14.4. The molecule has 6 atom stereocenters. The lowest BCUT2D eigenvalue weighted by atomic mass is 9.50. The van der Waals surface area contributed by atoms with Gasteiger partial charge in [-0.3, -0.25) is 9.59 Å². The van der Waals surface area contributed by atoms with Crippen LogP contribution in [-0.4, -0.2) is 49.5 Å². The van der Waals surface area contributed by atoms with Crippen molar-refractivity contribution in [1.82, 2.24) is 10.3 Å². The van der Waals surface area contributed by atoms with Crippen molar-refractivity contribution in [3.63, 3.8) is 0 Å². The van der Waals surface area contributed by atoms with Gasteiger partial charge in [0.05, 0.1) is 18.9 Å². The number of ketones is 1. The van der Waals surface area contributed by atoms with Gasteiger partial charge in [0, 0.05) is 49.2 Å². The van der Waals surface area contributed by atoms with Crippen LogP contribution in [0.3, 0.4) is 0 Å². The summed E-state index contributed by atoms with van der Waals surface area (Å²) in [5, 5.41) is 7.87. The summed E-state index contributed by atoms with van der Waals surface area (Å²) >= 11 is 0. The number of hydrogen-bond donors (Lipinski definition) is 1. The summed E-state index contributed by atoms with van der Waals surface area (Å²) in [6.45, 7) is 8.53. The molecule has 0 unspecified atom stereocenters. The van der Waals surface area contributed by atoms with E-state index in [-0.39, 0.29) is 28.4 Å². The molecule has 1 N–H and O–H groups in total. The number of hydrazine groups is 1. The second-order valence-electron chi connectivity index (χ2n) is 11.9. The van der Waals surface area contributed by atoms with E-state index in [1.165, 1.54) is 5.70 Å². The molecule has 3 aliphatic carbocycles. The second-order valence-corrected chi connectivity index (χ2v) is 11.9. The predicted octanol–water partition coefficient (Wildman–Crippen LogP) is 4.18. The highest BCUT2D eigenvalue weighted by Gasteiger charge is 2.61. The maximum Gasteiger partial charge on any atom is 0.245 e. The van der Waals surface area contributed by atoms with Crippen LogP contribution in [0.25, 0.3) is 0 Å². The molecule has 0 bridgehead atoms. The number of nitrogens with one attached hydrogen (secondary N) is 1. The molecular formula is C29H39N3O3. The number of benzene rings is 1. The summed E-state index contributed by atoms with van der Waals surface area (Å²) in [5.74, 6) is 2.27. The van der Waals surface area contributed by atoms with Crippen LogP contribution in [0.2, 0.25) is 0 Å². The normalized spacial score (nSPS) is 39.0. The lowest BCUT2D eigenvalue weighted by Crippen LogP contribution is -2.59. The van der Waals surface area contributed by atoms with Gasteiger partial charge in [0.15, 0.2) is 5.78 Å². The van der Waals surface area contributed by atoms with Crippen LogP contribution in [-0.2, 0) is 14.3 Å². The summed E-state index contributed by atoms with van der Waals surface area (Å²) in [4.78, 5) is 26.5. The largest absolute Gasteiger partial charge is 0.387 e. The Morgan fingerprint density at radius 3 is 2.60 bits per heavy atom. The van der Waals surface area contributed by atoms with Gasteiger partial charge in [-0.15, -0.1) is 0 Å². The molecule has 6 nitrogen and oxygen atoms in total. The Bertz CT molecular complexity index is 1020. The van der Waals surface area contributed by atoms with Crippen molar-refractivity contribution in [2.24, 2.45) is 34.5 Å². The van der Waals surface area contributed by atoms with Gasteiger partial charge in [-0.2, -0.15) is 0 Å². The molecule has 0 spiro atoms. The first-order valence-electron chi connectivity index (χ1n) is 13.6. The third-order valence-corrected chi connectivity index (χ3v) is 10.4. The van der Waals surface area contributed by atoms with Crippen molar-refractivity contribution in [3.8, 4) is 0 Å². The predicted molar refractivity (Wildman–Crippen MR) is 135 cm³/mol. The Labute approximate surface area is 209 Å². The van der Waals surface area contributed by atoms with Crippen LogP contribution in [0.5, 0.6) is 0 Å². The van der Waals surface area contributed by atoms with Gasteiger partial charge in [-0.25, -0.2) is 10.0 Å². The highest BCUT2D eigenvalue weighted by Crippen LogP contribution is 2.64. The van der Waals surface area contributed by atoms with Gasteiger partial charge in [0.25, 0.3) is 0 Å². The molecule has 2 heterocycles. The minimum atomic E-state index is 0.0152. The second kappa shape index (κ2) is 8.74. The average molecular weight is 478 g/mol. The molecule has 188 valence electrons. The van der Waals surface area contributed by atoms with Gasteiger partial charge in [0.1, 0.15) is 0 Å². The number of piperidine rings is 1. The summed E-state index contributed by atoms with van der Waals surface area (Å²) in [7, 11) is 0. The van der Waals surface area contributed by atoms with E-state index in [4.69, 9.17) is 4.74 Å². The van der Waals surface area contributed by atoms with Crippen molar-refractivity contribution in [2.75, 3.05) is 37.9 Å². The molecule has 4 fully saturated rings. The lowest BCUT2D eigenvalue weighted by molar-refractivity contribution is -0.134. The molecule has 6 rings (SSSR count). The van der Waals surface area contributed by atoms with Crippen molar-refractivity contribution in [3.05, 3.63) is 42.1 Å². The lowest BCUT2D eigenvalue weighted by Gasteiger charge is -2.58. The third kappa shape index (κ3) is 3.67. The van der Waals surface area contributed by atoms with E-state index in [0.717, 1.165) is 57.4 Å². The van der Waals surface area contributed by atoms with E-state index in [2.05, 4.69) is 36.3 Å². The van der Waals surface area contributed by atoms with Crippen molar-refractivity contribution < 1.29 is 14.3 Å².